The molecule has 0 radical (unpaired) electrons. The second-order valence-corrected chi connectivity index (χ2v) is 5.67. The summed E-state index contributed by atoms with van der Waals surface area (Å²) in [6, 6.07) is 12.5. The lowest BCUT2D eigenvalue weighted by Crippen LogP contribution is -2.06. The van der Waals surface area contributed by atoms with Gasteiger partial charge in [0.05, 0.1) is 11.0 Å². The van der Waals surface area contributed by atoms with Gasteiger partial charge in [-0.2, -0.15) is 0 Å². The van der Waals surface area contributed by atoms with Crippen LogP contribution >= 0.6 is 0 Å². The van der Waals surface area contributed by atoms with Crippen LogP contribution in [0, 0.1) is 20.8 Å². The zero-order valence-corrected chi connectivity index (χ0v) is 12.9. The van der Waals surface area contributed by atoms with E-state index in [4.69, 9.17) is 4.74 Å². The van der Waals surface area contributed by atoms with Crippen LogP contribution in [0.2, 0.25) is 0 Å². The number of aromatic nitrogens is 2. The van der Waals surface area contributed by atoms with Crippen molar-refractivity contribution in [1.82, 2.24) is 9.97 Å². The van der Waals surface area contributed by atoms with Crippen molar-refractivity contribution in [3.05, 3.63) is 58.9 Å². The Bertz CT molecular complexity index is 789. The second kappa shape index (κ2) is 5.24. The van der Waals surface area contributed by atoms with Gasteiger partial charge < -0.3 is 9.72 Å². The molecule has 0 amide bonds. The Balaban J connectivity index is 1.89. The average molecular weight is 280 g/mol. The Morgan fingerprint density at radius 1 is 1.00 bits per heavy atom. The van der Waals surface area contributed by atoms with Crippen LogP contribution in [0.3, 0.4) is 0 Å². The molecule has 0 spiro atoms. The van der Waals surface area contributed by atoms with E-state index in [-0.39, 0.29) is 6.10 Å². The first kappa shape index (κ1) is 13.7. The fourth-order valence-electron chi connectivity index (χ4n) is 2.42. The maximum Gasteiger partial charge on any atom is 0.153 e. The molecule has 0 saturated heterocycles. The van der Waals surface area contributed by atoms with Crippen LogP contribution in [0.1, 0.15) is 35.5 Å². The molecule has 3 aromatic rings. The smallest absolute Gasteiger partial charge is 0.153 e. The van der Waals surface area contributed by atoms with E-state index in [0.29, 0.717) is 0 Å². The Kier molecular flexibility index (Phi) is 3.42. The second-order valence-electron chi connectivity index (χ2n) is 5.67. The predicted molar refractivity (Wildman–Crippen MR) is 85.8 cm³/mol. The molecular weight excluding hydrogens is 260 g/mol. The molecule has 2 aromatic carbocycles. The summed E-state index contributed by atoms with van der Waals surface area (Å²) in [5, 5.41) is 0. The van der Waals surface area contributed by atoms with Crippen LogP contribution in [-0.2, 0) is 0 Å². The van der Waals surface area contributed by atoms with Gasteiger partial charge in [-0.3, -0.25) is 0 Å². The van der Waals surface area contributed by atoms with E-state index in [1.807, 2.05) is 13.0 Å². The summed E-state index contributed by atoms with van der Waals surface area (Å²) >= 11 is 0. The van der Waals surface area contributed by atoms with Crippen molar-refractivity contribution in [1.29, 1.82) is 0 Å². The van der Waals surface area contributed by atoms with Crippen molar-refractivity contribution in [2.45, 2.75) is 33.8 Å². The number of ether oxygens (including phenoxy) is 1. The minimum Gasteiger partial charge on any atom is -0.483 e. The maximum absolute atomic E-state index is 6.08. The Hall–Kier alpha value is -2.29. The molecule has 21 heavy (non-hydrogen) atoms. The predicted octanol–water partition coefficient (Wildman–Crippen LogP) is 4.63. The molecule has 3 rings (SSSR count). The molecule has 1 heterocycles. The highest BCUT2D eigenvalue weighted by atomic mass is 16.5. The first-order chi connectivity index (χ1) is 10.0. The summed E-state index contributed by atoms with van der Waals surface area (Å²) in [5.74, 6) is 1.77. The number of fused-ring (bicyclic) bond motifs is 1. The van der Waals surface area contributed by atoms with Crippen LogP contribution in [0.4, 0.5) is 0 Å². The molecule has 108 valence electrons. The van der Waals surface area contributed by atoms with Crippen LogP contribution in [0.15, 0.2) is 36.4 Å². The van der Waals surface area contributed by atoms with Crippen molar-refractivity contribution in [3.8, 4) is 5.75 Å². The molecule has 1 unspecified atom stereocenters. The number of nitrogens with zero attached hydrogens (tertiary/aromatic N) is 1. The Morgan fingerprint density at radius 3 is 2.52 bits per heavy atom. The van der Waals surface area contributed by atoms with Crippen molar-refractivity contribution < 1.29 is 4.74 Å². The fraction of sp³-hybridized carbons (Fsp3) is 0.278. The van der Waals surface area contributed by atoms with Crippen molar-refractivity contribution in [2.24, 2.45) is 0 Å². The minimum absolute atomic E-state index is 0.113. The first-order valence-corrected chi connectivity index (χ1v) is 7.23. The molecule has 0 fully saturated rings. The summed E-state index contributed by atoms with van der Waals surface area (Å²) in [6.45, 7) is 8.23. The number of hydrogen-bond donors (Lipinski definition) is 1. The van der Waals surface area contributed by atoms with E-state index in [9.17, 15) is 0 Å². The average Bonchev–Trinajstić information content (AvgIpc) is 2.86. The highest BCUT2D eigenvalue weighted by Crippen LogP contribution is 2.26. The number of nitrogens with one attached hydrogen (secondary N) is 1. The van der Waals surface area contributed by atoms with E-state index in [1.54, 1.807) is 0 Å². The van der Waals surface area contributed by atoms with Crippen LogP contribution in [-0.4, -0.2) is 9.97 Å². The molecule has 1 N–H and O–H groups in total. The van der Waals surface area contributed by atoms with Gasteiger partial charge in [0.2, 0.25) is 0 Å². The quantitative estimate of drug-likeness (QED) is 0.759. The number of imidazole rings is 1. The highest BCUT2D eigenvalue weighted by Gasteiger charge is 2.13. The number of benzene rings is 2. The topological polar surface area (TPSA) is 37.9 Å². The number of hydrogen-bond acceptors (Lipinski definition) is 2. The zero-order valence-electron chi connectivity index (χ0n) is 12.9. The molecular formula is C18H20N2O. The molecule has 1 atom stereocenters. The largest absolute Gasteiger partial charge is 0.483 e. The normalized spacial score (nSPS) is 12.6. The van der Waals surface area contributed by atoms with Gasteiger partial charge in [0.15, 0.2) is 6.10 Å². The standard InChI is InChI=1S/C18H20N2O/c1-11-6-8-15-16(9-11)20-18(19-15)14(4)21-17-10-12(2)5-7-13(17)3/h5-10,14H,1-4H3,(H,19,20). The van der Waals surface area contributed by atoms with E-state index < -0.39 is 0 Å². The van der Waals surface area contributed by atoms with Gasteiger partial charge in [0.1, 0.15) is 11.6 Å². The number of rotatable bonds is 3. The third-order valence-electron chi connectivity index (χ3n) is 3.69. The lowest BCUT2D eigenvalue weighted by Gasteiger charge is -2.15. The van der Waals surface area contributed by atoms with Gasteiger partial charge in [-0.05, 0) is 62.6 Å². The first-order valence-electron chi connectivity index (χ1n) is 7.23. The maximum atomic E-state index is 6.08. The minimum atomic E-state index is -0.113. The lowest BCUT2D eigenvalue weighted by molar-refractivity contribution is 0.216. The third kappa shape index (κ3) is 2.77. The molecule has 0 aliphatic carbocycles. The molecule has 1 aromatic heterocycles. The molecule has 0 saturated carbocycles. The molecule has 3 nitrogen and oxygen atoms in total. The van der Waals surface area contributed by atoms with Gasteiger partial charge in [-0.15, -0.1) is 0 Å². The monoisotopic (exact) mass is 280 g/mol. The molecule has 0 aliphatic rings. The summed E-state index contributed by atoms with van der Waals surface area (Å²) in [5.41, 5.74) is 5.59. The van der Waals surface area contributed by atoms with Gasteiger partial charge in [-0.25, -0.2) is 4.98 Å². The van der Waals surface area contributed by atoms with Gasteiger partial charge in [0.25, 0.3) is 0 Å². The van der Waals surface area contributed by atoms with E-state index >= 15 is 0 Å². The van der Waals surface area contributed by atoms with Gasteiger partial charge in [0, 0.05) is 0 Å². The Labute approximate surface area is 125 Å². The van der Waals surface area contributed by atoms with Crippen molar-refractivity contribution in [2.75, 3.05) is 0 Å². The fourth-order valence-corrected chi connectivity index (χ4v) is 2.42. The number of aryl methyl sites for hydroxylation is 3. The third-order valence-corrected chi connectivity index (χ3v) is 3.69. The highest BCUT2D eigenvalue weighted by molar-refractivity contribution is 5.75. The molecule has 0 bridgehead atoms. The van der Waals surface area contributed by atoms with Crippen LogP contribution in [0.25, 0.3) is 11.0 Å². The van der Waals surface area contributed by atoms with Gasteiger partial charge in [-0.1, -0.05) is 18.2 Å². The number of aromatic amines is 1. The summed E-state index contributed by atoms with van der Waals surface area (Å²) in [6.07, 6.45) is -0.113. The van der Waals surface area contributed by atoms with Crippen LogP contribution in [0.5, 0.6) is 5.75 Å². The lowest BCUT2D eigenvalue weighted by atomic mass is 10.1. The molecule has 3 heteroatoms. The molecule has 0 aliphatic heterocycles. The van der Waals surface area contributed by atoms with E-state index in [2.05, 4.69) is 61.1 Å². The zero-order chi connectivity index (χ0) is 15.0. The van der Waals surface area contributed by atoms with Gasteiger partial charge >= 0.3 is 0 Å². The van der Waals surface area contributed by atoms with Crippen molar-refractivity contribution in [3.63, 3.8) is 0 Å². The van der Waals surface area contributed by atoms with E-state index in [1.165, 1.54) is 11.1 Å². The summed E-state index contributed by atoms with van der Waals surface area (Å²) in [4.78, 5) is 7.98. The summed E-state index contributed by atoms with van der Waals surface area (Å²) < 4.78 is 6.08. The number of H-pyrrole nitrogens is 1. The van der Waals surface area contributed by atoms with E-state index in [0.717, 1.165) is 28.2 Å². The Morgan fingerprint density at radius 2 is 1.71 bits per heavy atom. The van der Waals surface area contributed by atoms with Crippen LogP contribution < -0.4 is 4.74 Å². The summed E-state index contributed by atoms with van der Waals surface area (Å²) in [7, 11) is 0. The van der Waals surface area contributed by atoms with Crippen molar-refractivity contribution >= 4 is 11.0 Å². The SMILES string of the molecule is Cc1ccc(C)c(OC(C)c2nc3ccc(C)cc3[nH]2)c1.